The molecule has 2 aromatic rings. The zero-order valence-electron chi connectivity index (χ0n) is 8.18. The summed E-state index contributed by atoms with van der Waals surface area (Å²) in [5, 5.41) is 3.70. The molecule has 0 aromatic carbocycles. The van der Waals surface area contributed by atoms with Crippen molar-refractivity contribution in [2.45, 2.75) is 6.92 Å². The molecule has 6 heteroatoms. The molecule has 0 saturated heterocycles. The number of oxazole rings is 1. The smallest absolute Gasteiger partial charge is 0.343 e. The third kappa shape index (κ3) is 1.50. The third-order valence-electron chi connectivity index (χ3n) is 1.89. The average molecular weight is 208 g/mol. The Labute approximate surface area is 84.8 Å². The van der Waals surface area contributed by atoms with Crippen molar-refractivity contribution in [1.82, 2.24) is 10.1 Å². The number of esters is 1. The molecule has 2 aromatic heterocycles. The van der Waals surface area contributed by atoms with Gasteiger partial charge in [0.05, 0.1) is 13.3 Å². The van der Waals surface area contributed by atoms with Gasteiger partial charge in [0.2, 0.25) is 5.89 Å². The fourth-order valence-corrected chi connectivity index (χ4v) is 1.20. The van der Waals surface area contributed by atoms with Crippen LogP contribution in [0.2, 0.25) is 0 Å². The summed E-state index contributed by atoms with van der Waals surface area (Å²) in [7, 11) is 1.29. The van der Waals surface area contributed by atoms with Crippen molar-refractivity contribution < 1.29 is 18.5 Å². The van der Waals surface area contributed by atoms with Crippen LogP contribution in [-0.4, -0.2) is 23.2 Å². The van der Waals surface area contributed by atoms with Crippen LogP contribution in [0.5, 0.6) is 0 Å². The molecule has 0 N–H and O–H groups in total. The number of aryl methyl sites for hydroxylation is 1. The van der Waals surface area contributed by atoms with Gasteiger partial charge in [0.25, 0.3) is 0 Å². The quantitative estimate of drug-likeness (QED) is 0.694. The van der Waals surface area contributed by atoms with Gasteiger partial charge in [-0.3, -0.25) is 0 Å². The van der Waals surface area contributed by atoms with Crippen molar-refractivity contribution in [1.29, 1.82) is 0 Å². The van der Waals surface area contributed by atoms with Crippen molar-refractivity contribution >= 4 is 5.97 Å². The molecule has 0 aliphatic carbocycles. The van der Waals surface area contributed by atoms with Crippen LogP contribution in [0.1, 0.15) is 16.1 Å². The highest BCUT2D eigenvalue weighted by atomic mass is 16.5. The van der Waals surface area contributed by atoms with E-state index in [0.717, 1.165) is 0 Å². The summed E-state index contributed by atoms with van der Waals surface area (Å²) < 4.78 is 14.5. The predicted molar refractivity (Wildman–Crippen MR) is 48.1 cm³/mol. The topological polar surface area (TPSA) is 78.4 Å². The maximum absolute atomic E-state index is 11.4. The Morgan fingerprint density at radius 1 is 1.53 bits per heavy atom. The number of hydrogen-bond acceptors (Lipinski definition) is 6. The van der Waals surface area contributed by atoms with Crippen LogP contribution in [0.3, 0.4) is 0 Å². The molecule has 6 nitrogen and oxygen atoms in total. The Bertz CT molecular complexity index is 472. The number of ether oxygens (including phenoxy) is 1. The molecule has 0 radical (unpaired) electrons. The third-order valence-corrected chi connectivity index (χ3v) is 1.89. The number of carbonyl (C=O) groups is 1. The lowest BCUT2D eigenvalue weighted by Crippen LogP contribution is -2.03. The first-order valence-electron chi connectivity index (χ1n) is 4.18. The van der Waals surface area contributed by atoms with Gasteiger partial charge in [0.15, 0.2) is 5.69 Å². The molecule has 2 rings (SSSR count). The van der Waals surface area contributed by atoms with Gasteiger partial charge in [-0.15, -0.1) is 0 Å². The number of rotatable bonds is 2. The average Bonchev–Trinajstić information content (AvgIpc) is 2.85. The van der Waals surface area contributed by atoms with Gasteiger partial charge in [-0.2, -0.15) is 0 Å². The summed E-state index contributed by atoms with van der Waals surface area (Å²) in [6.07, 6.45) is 2.85. The van der Waals surface area contributed by atoms with E-state index >= 15 is 0 Å². The molecule has 0 saturated carbocycles. The van der Waals surface area contributed by atoms with E-state index in [0.29, 0.717) is 5.76 Å². The number of methoxy groups -OCH3 is 1. The van der Waals surface area contributed by atoms with E-state index in [2.05, 4.69) is 14.9 Å². The van der Waals surface area contributed by atoms with Crippen LogP contribution in [0, 0.1) is 6.92 Å². The molecule has 0 amide bonds. The highest BCUT2D eigenvalue weighted by Gasteiger charge is 2.24. The van der Waals surface area contributed by atoms with Gasteiger partial charge in [-0.1, -0.05) is 5.16 Å². The van der Waals surface area contributed by atoms with Crippen molar-refractivity contribution in [3.8, 4) is 11.6 Å². The Balaban J connectivity index is 2.54. The minimum atomic E-state index is -0.526. The zero-order chi connectivity index (χ0) is 10.8. The van der Waals surface area contributed by atoms with Crippen LogP contribution < -0.4 is 0 Å². The molecule has 0 aliphatic heterocycles. The molecule has 0 spiro atoms. The lowest BCUT2D eigenvalue weighted by atomic mass is 10.2. The van der Waals surface area contributed by atoms with E-state index in [4.69, 9.17) is 8.94 Å². The standard InChI is InChI=1S/C9H8N2O4/c1-5-6(9(12)13-2)7(11-15-5)8-10-3-4-14-8/h3-4H,1-2H3. The van der Waals surface area contributed by atoms with Crippen LogP contribution in [0.15, 0.2) is 21.4 Å². The van der Waals surface area contributed by atoms with Gasteiger partial charge < -0.3 is 13.7 Å². The summed E-state index contributed by atoms with van der Waals surface area (Å²) in [5.41, 5.74) is 0.490. The normalized spacial score (nSPS) is 10.3. The molecule has 15 heavy (non-hydrogen) atoms. The van der Waals surface area contributed by atoms with Crippen molar-refractivity contribution in [3.05, 3.63) is 23.8 Å². The van der Waals surface area contributed by atoms with E-state index in [-0.39, 0.29) is 17.1 Å². The minimum absolute atomic E-state index is 0.229. The van der Waals surface area contributed by atoms with Crippen LogP contribution in [0.4, 0.5) is 0 Å². The second-order valence-electron chi connectivity index (χ2n) is 2.79. The molecule has 78 valence electrons. The molecule has 0 aliphatic rings. The Hall–Kier alpha value is -2.11. The lowest BCUT2D eigenvalue weighted by Gasteiger charge is -1.96. The minimum Gasteiger partial charge on any atom is -0.465 e. The SMILES string of the molecule is COC(=O)c1c(-c2ncco2)noc1C. The van der Waals surface area contributed by atoms with E-state index in [9.17, 15) is 4.79 Å². The first kappa shape index (κ1) is 9.45. The number of carbonyl (C=O) groups excluding carboxylic acids is 1. The van der Waals surface area contributed by atoms with Crippen LogP contribution >= 0.6 is 0 Å². The lowest BCUT2D eigenvalue weighted by molar-refractivity contribution is 0.0599. The fraction of sp³-hybridized carbons (Fsp3) is 0.222. The maximum atomic E-state index is 11.4. The van der Waals surface area contributed by atoms with Crippen LogP contribution in [0.25, 0.3) is 11.6 Å². The van der Waals surface area contributed by atoms with Gasteiger partial charge in [-0.05, 0) is 6.92 Å². The zero-order valence-corrected chi connectivity index (χ0v) is 8.18. The first-order valence-corrected chi connectivity index (χ1v) is 4.18. The molecule has 2 heterocycles. The Kier molecular flexibility index (Phi) is 2.24. The van der Waals surface area contributed by atoms with E-state index < -0.39 is 5.97 Å². The number of hydrogen-bond donors (Lipinski definition) is 0. The fourth-order valence-electron chi connectivity index (χ4n) is 1.20. The first-order chi connectivity index (χ1) is 7.24. The second-order valence-corrected chi connectivity index (χ2v) is 2.79. The van der Waals surface area contributed by atoms with Gasteiger partial charge in [0.1, 0.15) is 17.6 Å². The van der Waals surface area contributed by atoms with Crippen molar-refractivity contribution in [3.63, 3.8) is 0 Å². The monoisotopic (exact) mass is 208 g/mol. The van der Waals surface area contributed by atoms with Gasteiger partial charge in [-0.25, -0.2) is 9.78 Å². The Morgan fingerprint density at radius 2 is 2.33 bits per heavy atom. The van der Waals surface area contributed by atoms with Crippen molar-refractivity contribution in [2.24, 2.45) is 0 Å². The summed E-state index contributed by atoms with van der Waals surface area (Å²) >= 11 is 0. The van der Waals surface area contributed by atoms with Gasteiger partial charge >= 0.3 is 5.97 Å². The molecule has 0 unspecified atom stereocenters. The molecular formula is C9H8N2O4. The maximum Gasteiger partial charge on any atom is 0.343 e. The molecular weight excluding hydrogens is 200 g/mol. The summed E-state index contributed by atoms with van der Waals surface area (Å²) in [5.74, 6) is 0.0734. The van der Waals surface area contributed by atoms with E-state index in [1.807, 2.05) is 0 Å². The van der Waals surface area contributed by atoms with Crippen LogP contribution in [-0.2, 0) is 4.74 Å². The van der Waals surface area contributed by atoms with E-state index in [1.54, 1.807) is 6.92 Å². The summed E-state index contributed by atoms with van der Waals surface area (Å²) in [6, 6.07) is 0. The molecule has 0 bridgehead atoms. The number of aromatic nitrogens is 2. The Morgan fingerprint density at radius 3 is 2.93 bits per heavy atom. The molecule has 0 fully saturated rings. The largest absolute Gasteiger partial charge is 0.465 e. The van der Waals surface area contributed by atoms with Crippen molar-refractivity contribution in [2.75, 3.05) is 7.11 Å². The molecule has 0 atom stereocenters. The van der Waals surface area contributed by atoms with E-state index in [1.165, 1.54) is 19.6 Å². The summed E-state index contributed by atoms with van der Waals surface area (Å²) in [4.78, 5) is 15.3. The summed E-state index contributed by atoms with van der Waals surface area (Å²) in [6.45, 7) is 1.62. The second kappa shape index (κ2) is 3.56. The number of nitrogens with zero attached hydrogens (tertiary/aromatic N) is 2. The predicted octanol–water partition coefficient (Wildman–Crippen LogP) is 1.42. The highest BCUT2D eigenvalue weighted by Crippen LogP contribution is 2.24. The van der Waals surface area contributed by atoms with Gasteiger partial charge in [0, 0.05) is 0 Å². The highest BCUT2D eigenvalue weighted by molar-refractivity contribution is 5.95.